The molecule has 0 radical (unpaired) electrons. The van der Waals surface area contributed by atoms with E-state index in [1.54, 1.807) is 11.0 Å². The van der Waals surface area contributed by atoms with E-state index in [0.717, 1.165) is 11.8 Å². The molecule has 0 saturated carbocycles. The molecule has 0 aliphatic carbocycles. The van der Waals surface area contributed by atoms with Gasteiger partial charge < -0.3 is 4.90 Å². The SMILES string of the molecule is CCN(CCCBr)C(=O)c1cccc([N+](=O)[O-])c1. The van der Waals surface area contributed by atoms with Gasteiger partial charge in [0.2, 0.25) is 0 Å². The first kappa shape index (κ1) is 14.6. The normalized spacial score (nSPS) is 10.1. The Morgan fingerprint density at radius 3 is 2.78 bits per heavy atom. The zero-order valence-corrected chi connectivity index (χ0v) is 11.7. The molecule has 0 spiro atoms. The number of alkyl halides is 1. The van der Waals surface area contributed by atoms with Gasteiger partial charge in [0.1, 0.15) is 0 Å². The van der Waals surface area contributed by atoms with E-state index in [1.165, 1.54) is 18.2 Å². The van der Waals surface area contributed by atoms with Gasteiger partial charge in [0.25, 0.3) is 11.6 Å². The Labute approximate surface area is 114 Å². The number of halogens is 1. The Morgan fingerprint density at radius 2 is 2.22 bits per heavy atom. The van der Waals surface area contributed by atoms with Crippen LogP contribution in [-0.2, 0) is 0 Å². The van der Waals surface area contributed by atoms with Crippen molar-refractivity contribution in [2.75, 3.05) is 18.4 Å². The highest BCUT2D eigenvalue weighted by Crippen LogP contribution is 2.15. The lowest BCUT2D eigenvalue weighted by Crippen LogP contribution is -2.31. The Kier molecular flexibility index (Phi) is 5.77. The average molecular weight is 315 g/mol. The van der Waals surface area contributed by atoms with Gasteiger partial charge in [0, 0.05) is 36.1 Å². The molecule has 18 heavy (non-hydrogen) atoms. The highest BCUT2D eigenvalue weighted by atomic mass is 79.9. The predicted molar refractivity (Wildman–Crippen MR) is 73.1 cm³/mol. The maximum Gasteiger partial charge on any atom is 0.270 e. The maximum absolute atomic E-state index is 12.1. The molecule has 0 atom stereocenters. The van der Waals surface area contributed by atoms with Crippen molar-refractivity contribution in [1.82, 2.24) is 4.90 Å². The molecule has 98 valence electrons. The smallest absolute Gasteiger partial charge is 0.270 e. The van der Waals surface area contributed by atoms with E-state index >= 15 is 0 Å². The van der Waals surface area contributed by atoms with E-state index in [4.69, 9.17) is 0 Å². The molecule has 0 saturated heterocycles. The molecule has 5 nitrogen and oxygen atoms in total. The van der Waals surface area contributed by atoms with Crippen LogP contribution in [-0.4, -0.2) is 34.2 Å². The van der Waals surface area contributed by atoms with Crippen LogP contribution in [0.2, 0.25) is 0 Å². The fourth-order valence-electron chi connectivity index (χ4n) is 1.59. The van der Waals surface area contributed by atoms with Gasteiger partial charge in [-0.05, 0) is 19.4 Å². The summed E-state index contributed by atoms with van der Waals surface area (Å²) < 4.78 is 0. The summed E-state index contributed by atoms with van der Waals surface area (Å²) in [6, 6.07) is 5.83. The molecule has 0 N–H and O–H groups in total. The minimum absolute atomic E-state index is 0.0580. The second kappa shape index (κ2) is 7.10. The van der Waals surface area contributed by atoms with Crippen LogP contribution >= 0.6 is 15.9 Å². The molecule has 0 fully saturated rings. The van der Waals surface area contributed by atoms with Crippen molar-refractivity contribution in [1.29, 1.82) is 0 Å². The van der Waals surface area contributed by atoms with Gasteiger partial charge in [0.15, 0.2) is 0 Å². The molecule has 1 aromatic rings. The summed E-state index contributed by atoms with van der Waals surface area (Å²) in [5.74, 6) is -0.165. The van der Waals surface area contributed by atoms with Crippen molar-refractivity contribution in [3.05, 3.63) is 39.9 Å². The van der Waals surface area contributed by atoms with Gasteiger partial charge in [-0.25, -0.2) is 0 Å². The fraction of sp³-hybridized carbons (Fsp3) is 0.417. The van der Waals surface area contributed by atoms with Crippen LogP contribution in [0.3, 0.4) is 0 Å². The molecule has 6 heteroatoms. The lowest BCUT2D eigenvalue weighted by Gasteiger charge is -2.20. The van der Waals surface area contributed by atoms with E-state index < -0.39 is 4.92 Å². The number of carbonyl (C=O) groups is 1. The molecule has 0 bridgehead atoms. The van der Waals surface area contributed by atoms with Crippen LogP contribution in [0.5, 0.6) is 0 Å². The molecule has 1 aromatic carbocycles. The Bertz CT molecular complexity index is 437. The molecule has 0 heterocycles. The molecule has 0 aliphatic rings. The summed E-state index contributed by atoms with van der Waals surface area (Å²) in [7, 11) is 0. The molecule has 0 aromatic heterocycles. The van der Waals surface area contributed by atoms with Gasteiger partial charge in [0.05, 0.1) is 4.92 Å². The number of carbonyl (C=O) groups excluding carboxylic acids is 1. The summed E-state index contributed by atoms with van der Waals surface area (Å²) in [5, 5.41) is 11.5. The van der Waals surface area contributed by atoms with Crippen molar-refractivity contribution in [3.63, 3.8) is 0 Å². The van der Waals surface area contributed by atoms with Crippen LogP contribution < -0.4 is 0 Å². The van der Waals surface area contributed by atoms with Gasteiger partial charge in [-0.2, -0.15) is 0 Å². The number of hydrogen-bond acceptors (Lipinski definition) is 3. The predicted octanol–water partition coefficient (Wildman–Crippen LogP) is 2.84. The molecular weight excluding hydrogens is 300 g/mol. The van der Waals surface area contributed by atoms with Gasteiger partial charge in [-0.1, -0.05) is 22.0 Å². The number of non-ortho nitro benzene ring substituents is 1. The number of amides is 1. The van der Waals surface area contributed by atoms with Crippen LogP contribution in [0, 0.1) is 10.1 Å². The first-order valence-electron chi connectivity index (χ1n) is 5.69. The molecular formula is C12H15BrN2O3. The van der Waals surface area contributed by atoms with Crippen molar-refractivity contribution < 1.29 is 9.72 Å². The zero-order valence-electron chi connectivity index (χ0n) is 10.1. The van der Waals surface area contributed by atoms with E-state index in [2.05, 4.69) is 15.9 Å². The monoisotopic (exact) mass is 314 g/mol. The van der Waals surface area contributed by atoms with Gasteiger partial charge in [-0.3, -0.25) is 14.9 Å². The number of nitro groups is 1. The summed E-state index contributed by atoms with van der Waals surface area (Å²) in [4.78, 5) is 24.0. The number of nitro benzene ring substituents is 1. The third-order valence-electron chi connectivity index (χ3n) is 2.53. The highest BCUT2D eigenvalue weighted by molar-refractivity contribution is 9.09. The maximum atomic E-state index is 12.1. The first-order chi connectivity index (χ1) is 8.60. The largest absolute Gasteiger partial charge is 0.339 e. The lowest BCUT2D eigenvalue weighted by atomic mass is 10.1. The van der Waals surface area contributed by atoms with Crippen LogP contribution in [0.4, 0.5) is 5.69 Å². The lowest BCUT2D eigenvalue weighted by molar-refractivity contribution is -0.384. The van der Waals surface area contributed by atoms with E-state index in [0.29, 0.717) is 18.7 Å². The van der Waals surface area contributed by atoms with Crippen molar-refractivity contribution in [3.8, 4) is 0 Å². The number of hydrogen-bond donors (Lipinski definition) is 0. The standard InChI is InChI=1S/C12H15BrN2O3/c1-2-14(8-4-7-13)12(16)10-5-3-6-11(9-10)15(17)18/h3,5-6,9H,2,4,7-8H2,1H3. The summed E-state index contributed by atoms with van der Waals surface area (Å²) in [6.45, 7) is 3.13. The quantitative estimate of drug-likeness (QED) is 0.461. The number of rotatable bonds is 6. The Morgan fingerprint density at radius 1 is 1.50 bits per heavy atom. The fourth-order valence-corrected chi connectivity index (χ4v) is 1.84. The molecule has 1 amide bonds. The van der Waals surface area contributed by atoms with Crippen molar-refractivity contribution in [2.24, 2.45) is 0 Å². The first-order valence-corrected chi connectivity index (χ1v) is 6.82. The summed E-state index contributed by atoms with van der Waals surface area (Å²) in [5.41, 5.74) is 0.304. The Balaban J connectivity index is 2.87. The molecule has 0 aliphatic heterocycles. The number of benzene rings is 1. The zero-order chi connectivity index (χ0) is 13.5. The van der Waals surface area contributed by atoms with Crippen molar-refractivity contribution >= 4 is 27.5 Å². The van der Waals surface area contributed by atoms with Crippen LogP contribution in [0.1, 0.15) is 23.7 Å². The minimum atomic E-state index is -0.494. The van der Waals surface area contributed by atoms with E-state index in [-0.39, 0.29) is 11.6 Å². The van der Waals surface area contributed by atoms with Gasteiger partial charge in [-0.15, -0.1) is 0 Å². The molecule has 1 rings (SSSR count). The minimum Gasteiger partial charge on any atom is -0.339 e. The van der Waals surface area contributed by atoms with Gasteiger partial charge >= 0.3 is 0 Å². The Hall–Kier alpha value is -1.43. The summed E-state index contributed by atoms with van der Waals surface area (Å²) in [6.07, 6.45) is 0.856. The van der Waals surface area contributed by atoms with Crippen molar-refractivity contribution in [2.45, 2.75) is 13.3 Å². The van der Waals surface area contributed by atoms with Crippen LogP contribution in [0.25, 0.3) is 0 Å². The topological polar surface area (TPSA) is 63.5 Å². The third kappa shape index (κ3) is 3.80. The summed E-state index contributed by atoms with van der Waals surface area (Å²) >= 11 is 3.32. The van der Waals surface area contributed by atoms with E-state index in [1.807, 2.05) is 6.92 Å². The molecule has 0 unspecified atom stereocenters. The highest BCUT2D eigenvalue weighted by Gasteiger charge is 2.16. The second-order valence-corrected chi connectivity index (χ2v) is 4.53. The van der Waals surface area contributed by atoms with Crippen LogP contribution in [0.15, 0.2) is 24.3 Å². The number of nitrogens with zero attached hydrogens (tertiary/aromatic N) is 2. The van der Waals surface area contributed by atoms with E-state index in [9.17, 15) is 14.9 Å². The average Bonchev–Trinajstić information content (AvgIpc) is 2.39. The second-order valence-electron chi connectivity index (χ2n) is 3.73. The third-order valence-corrected chi connectivity index (χ3v) is 3.10.